The van der Waals surface area contributed by atoms with Crippen LogP contribution in [0.5, 0.6) is 0 Å². The zero-order valence-electron chi connectivity index (χ0n) is 11.6. The number of anilines is 1. The second-order valence-corrected chi connectivity index (χ2v) is 4.72. The zero-order chi connectivity index (χ0) is 14.4. The van der Waals surface area contributed by atoms with Crippen LogP contribution in [0.3, 0.4) is 0 Å². The first-order valence-corrected chi connectivity index (χ1v) is 7.43. The van der Waals surface area contributed by atoms with Gasteiger partial charge in [-0.25, -0.2) is 4.98 Å². The van der Waals surface area contributed by atoms with Crippen LogP contribution in [0.2, 0.25) is 0 Å². The number of pyridine rings is 1. The van der Waals surface area contributed by atoms with Crippen molar-refractivity contribution >= 4 is 17.0 Å². The molecule has 0 atom stereocenters. The molecule has 20 heavy (non-hydrogen) atoms. The molecule has 3 aromatic rings. The van der Waals surface area contributed by atoms with Crippen molar-refractivity contribution < 1.29 is 0 Å². The van der Waals surface area contributed by atoms with Crippen molar-refractivity contribution in [2.24, 2.45) is 0 Å². The maximum Gasteiger partial charge on any atom is 0.126 e. The summed E-state index contributed by atoms with van der Waals surface area (Å²) in [6, 6.07) is 11.7. The van der Waals surface area contributed by atoms with E-state index in [9.17, 15) is 0 Å². The van der Waals surface area contributed by atoms with Crippen LogP contribution in [-0.2, 0) is 0 Å². The zero-order valence-corrected chi connectivity index (χ0v) is 12.4. The summed E-state index contributed by atoms with van der Waals surface area (Å²) in [7, 11) is 0. The lowest BCUT2D eigenvalue weighted by Crippen LogP contribution is -1.88. The van der Waals surface area contributed by atoms with Gasteiger partial charge in [-0.2, -0.15) is 0 Å². The molecule has 0 unspecified atom stereocenters. The third-order valence-corrected chi connectivity index (χ3v) is 3.53. The third kappa shape index (κ3) is 3.03. The van der Waals surface area contributed by atoms with Crippen LogP contribution < -0.4 is 5.73 Å². The first-order chi connectivity index (χ1) is 9.84. The van der Waals surface area contributed by atoms with Crippen molar-refractivity contribution in [3.05, 3.63) is 54.2 Å². The highest BCUT2D eigenvalue weighted by atomic mass is 32.1. The topological polar surface area (TPSA) is 51.8 Å². The molecule has 3 nitrogen and oxygen atoms in total. The van der Waals surface area contributed by atoms with Crippen molar-refractivity contribution in [3.63, 3.8) is 0 Å². The van der Waals surface area contributed by atoms with Crippen LogP contribution in [0.15, 0.2) is 54.2 Å². The fourth-order valence-electron chi connectivity index (χ4n) is 1.74. The second-order valence-electron chi connectivity index (χ2n) is 3.87. The van der Waals surface area contributed by atoms with E-state index in [-0.39, 0.29) is 0 Å². The number of aromatic nitrogens is 2. The lowest BCUT2D eigenvalue weighted by molar-refractivity contribution is 1.31. The SMILES string of the molecule is CC.Nc1ccccc1-c1nc(-c2cccnc2)cs1. The van der Waals surface area contributed by atoms with Gasteiger partial charge >= 0.3 is 0 Å². The number of benzene rings is 1. The van der Waals surface area contributed by atoms with E-state index in [4.69, 9.17) is 5.73 Å². The molecule has 0 saturated heterocycles. The smallest absolute Gasteiger partial charge is 0.126 e. The van der Waals surface area contributed by atoms with Crippen molar-refractivity contribution in [3.8, 4) is 21.8 Å². The number of hydrogen-bond acceptors (Lipinski definition) is 4. The fraction of sp³-hybridized carbons (Fsp3) is 0.125. The van der Waals surface area contributed by atoms with Gasteiger partial charge in [0.15, 0.2) is 0 Å². The molecule has 4 heteroatoms. The van der Waals surface area contributed by atoms with Gasteiger partial charge in [0.2, 0.25) is 0 Å². The molecule has 0 amide bonds. The summed E-state index contributed by atoms with van der Waals surface area (Å²) in [6.45, 7) is 4.00. The quantitative estimate of drug-likeness (QED) is 0.705. The number of nitrogens with two attached hydrogens (primary N) is 1. The Morgan fingerprint density at radius 2 is 1.85 bits per heavy atom. The van der Waals surface area contributed by atoms with E-state index in [2.05, 4.69) is 9.97 Å². The third-order valence-electron chi connectivity index (χ3n) is 2.65. The Balaban J connectivity index is 0.000000704. The van der Waals surface area contributed by atoms with E-state index < -0.39 is 0 Å². The molecule has 0 fully saturated rings. The lowest BCUT2D eigenvalue weighted by atomic mass is 10.2. The van der Waals surface area contributed by atoms with Gasteiger partial charge < -0.3 is 5.73 Å². The minimum atomic E-state index is 0.754. The Labute approximate surface area is 123 Å². The minimum absolute atomic E-state index is 0.754. The second kappa shape index (κ2) is 6.82. The van der Waals surface area contributed by atoms with Gasteiger partial charge in [0.1, 0.15) is 5.01 Å². The number of nitrogen functional groups attached to an aromatic ring is 1. The van der Waals surface area contributed by atoms with E-state index in [1.54, 1.807) is 17.5 Å². The molecule has 2 heterocycles. The highest BCUT2D eigenvalue weighted by Crippen LogP contribution is 2.31. The predicted octanol–water partition coefficient (Wildman–Crippen LogP) is 4.48. The van der Waals surface area contributed by atoms with Crippen LogP contribution in [0.1, 0.15) is 13.8 Å². The average molecular weight is 283 g/mol. The summed E-state index contributed by atoms with van der Waals surface area (Å²) < 4.78 is 0. The minimum Gasteiger partial charge on any atom is -0.398 e. The van der Waals surface area contributed by atoms with Gasteiger partial charge in [-0.05, 0) is 24.3 Å². The predicted molar refractivity (Wildman–Crippen MR) is 86.5 cm³/mol. The monoisotopic (exact) mass is 283 g/mol. The van der Waals surface area contributed by atoms with Crippen LogP contribution in [0, 0.1) is 0 Å². The van der Waals surface area contributed by atoms with Crippen molar-refractivity contribution in [2.45, 2.75) is 13.8 Å². The molecular formula is C16H17N3S. The molecule has 0 aliphatic heterocycles. The largest absolute Gasteiger partial charge is 0.398 e. The summed E-state index contributed by atoms with van der Waals surface area (Å²) in [6.07, 6.45) is 3.57. The van der Waals surface area contributed by atoms with Crippen LogP contribution in [0.25, 0.3) is 21.8 Å². The molecule has 1 aromatic carbocycles. The molecular weight excluding hydrogens is 266 g/mol. The van der Waals surface area contributed by atoms with Crippen molar-refractivity contribution in [2.75, 3.05) is 5.73 Å². The number of para-hydroxylation sites is 1. The van der Waals surface area contributed by atoms with E-state index in [0.29, 0.717) is 0 Å². The maximum absolute atomic E-state index is 5.95. The van der Waals surface area contributed by atoms with E-state index in [1.165, 1.54) is 0 Å². The summed E-state index contributed by atoms with van der Waals surface area (Å²) >= 11 is 1.59. The highest BCUT2D eigenvalue weighted by Gasteiger charge is 2.08. The summed E-state index contributed by atoms with van der Waals surface area (Å²) in [5.74, 6) is 0. The first kappa shape index (κ1) is 14.2. The molecule has 102 valence electrons. The Morgan fingerprint density at radius 3 is 2.55 bits per heavy atom. The number of nitrogens with zero attached hydrogens (tertiary/aromatic N) is 2. The fourth-order valence-corrected chi connectivity index (χ4v) is 2.61. The van der Waals surface area contributed by atoms with Gasteiger partial charge in [0, 0.05) is 34.6 Å². The first-order valence-electron chi connectivity index (χ1n) is 6.55. The van der Waals surface area contributed by atoms with Crippen molar-refractivity contribution in [1.29, 1.82) is 0 Å². The molecule has 0 spiro atoms. The van der Waals surface area contributed by atoms with Gasteiger partial charge in [0.25, 0.3) is 0 Å². The molecule has 0 radical (unpaired) electrons. The standard InChI is InChI=1S/C14H11N3S.C2H6/c15-12-6-2-1-5-11(12)14-17-13(9-18-14)10-4-3-7-16-8-10;1-2/h1-9H,15H2;1-2H3. The molecule has 2 aromatic heterocycles. The Hall–Kier alpha value is -2.20. The summed E-state index contributed by atoms with van der Waals surface area (Å²) in [5, 5.41) is 2.96. The average Bonchev–Trinajstić information content (AvgIpc) is 3.00. The molecule has 0 saturated carbocycles. The number of rotatable bonds is 2. The lowest BCUT2D eigenvalue weighted by Gasteiger charge is -2.00. The maximum atomic E-state index is 5.95. The van der Waals surface area contributed by atoms with Crippen LogP contribution in [-0.4, -0.2) is 9.97 Å². The summed E-state index contributed by atoms with van der Waals surface area (Å²) in [5.41, 5.74) is 9.65. The molecule has 0 aliphatic rings. The Kier molecular flexibility index (Phi) is 4.85. The normalized spacial score (nSPS) is 9.70. The molecule has 2 N–H and O–H groups in total. The number of hydrogen-bond donors (Lipinski definition) is 1. The van der Waals surface area contributed by atoms with Crippen LogP contribution >= 0.6 is 11.3 Å². The number of thiazole rings is 1. The van der Waals surface area contributed by atoms with E-state index in [1.807, 2.05) is 61.8 Å². The van der Waals surface area contributed by atoms with Gasteiger partial charge in [0.05, 0.1) is 5.69 Å². The Morgan fingerprint density at radius 1 is 1.05 bits per heavy atom. The Bertz CT molecular complexity index is 662. The molecule has 0 bridgehead atoms. The van der Waals surface area contributed by atoms with E-state index >= 15 is 0 Å². The van der Waals surface area contributed by atoms with Gasteiger partial charge in [-0.15, -0.1) is 11.3 Å². The van der Waals surface area contributed by atoms with Crippen molar-refractivity contribution in [1.82, 2.24) is 9.97 Å². The summed E-state index contributed by atoms with van der Waals surface area (Å²) in [4.78, 5) is 8.71. The molecule has 3 rings (SSSR count). The molecule has 0 aliphatic carbocycles. The van der Waals surface area contributed by atoms with Gasteiger partial charge in [-0.3, -0.25) is 4.98 Å². The van der Waals surface area contributed by atoms with Crippen LogP contribution in [0.4, 0.5) is 5.69 Å². The van der Waals surface area contributed by atoms with E-state index in [0.717, 1.165) is 27.5 Å². The highest BCUT2D eigenvalue weighted by molar-refractivity contribution is 7.13. The van der Waals surface area contributed by atoms with Gasteiger partial charge in [-0.1, -0.05) is 26.0 Å².